The Hall–Kier alpha value is -1.20. The first-order chi connectivity index (χ1) is 8.72. The maximum atomic E-state index is 11.9. The highest BCUT2D eigenvalue weighted by molar-refractivity contribution is 7.15. The van der Waals surface area contributed by atoms with Gasteiger partial charge in [0.15, 0.2) is 4.96 Å². The first-order valence-electron chi connectivity index (χ1n) is 6.40. The van der Waals surface area contributed by atoms with Gasteiger partial charge in [0.1, 0.15) is 0 Å². The number of hydrogen-bond acceptors (Lipinski definition) is 4. The zero-order valence-electron chi connectivity index (χ0n) is 10.5. The molecule has 1 saturated heterocycles. The standard InChI is InChI=1S/C13H17N3OS/c1-10-2-4-15(5-3-10)9-11-8-12(17)16-6-7-18-13(16)14-11/h6-8,10H,2-5,9H2,1H3. The fraction of sp³-hybridized carbons (Fsp3) is 0.538. The van der Waals surface area contributed by atoms with Crippen LogP contribution >= 0.6 is 11.3 Å². The van der Waals surface area contributed by atoms with Crippen molar-refractivity contribution >= 4 is 16.3 Å². The van der Waals surface area contributed by atoms with E-state index in [9.17, 15) is 4.79 Å². The van der Waals surface area contributed by atoms with Crippen LogP contribution in [0.25, 0.3) is 4.96 Å². The summed E-state index contributed by atoms with van der Waals surface area (Å²) in [5.74, 6) is 0.833. The molecule has 2 aromatic heterocycles. The molecule has 0 N–H and O–H groups in total. The van der Waals surface area contributed by atoms with Crippen molar-refractivity contribution in [2.75, 3.05) is 13.1 Å². The smallest absolute Gasteiger partial charge is 0.258 e. The molecule has 0 unspecified atom stereocenters. The highest BCUT2D eigenvalue weighted by Crippen LogP contribution is 2.17. The Morgan fingerprint density at radius 1 is 1.44 bits per heavy atom. The van der Waals surface area contributed by atoms with Crippen molar-refractivity contribution in [3.05, 3.63) is 33.7 Å². The van der Waals surface area contributed by atoms with Crippen molar-refractivity contribution in [1.82, 2.24) is 14.3 Å². The van der Waals surface area contributed by atoms with Gasteiger partial charge in [-0.05, 0) is 31.8 Å². The summed E-state index contributed by atoms with van der Waals surface area (Å²) in [5, 5.41) is 1.90. The second-order valence-corrected chi connectivity index (χ2v) is 5.97. The van der Waals surface area contributed by atoms with E-state index in [0.29, 0.717) is 0 Å². The third-order valence-electron chi connectivity index (χ3n) is 3.62. The number of rotatable bonds is 2. The van der Waals surface area contributed by atoms with Crippen LogP contribution in [0.2, 0.25) is 0 Å². The van der Waals surface area contributed by atoms with Gasteiger partial charge in [-0.3, -0.25) is 14.1 Å². The number of likely N-dealkylation sites (tertiary alicyclic amines) is 1. The predicted molar refractivity (Wildman–Crippen MR) is 73.0 cm³/mol. The molecular formula is C13H17N3OS. The summed E-state index contributed by atoms with van der Waals surface area (Å²) in [7, 11) is 0. The molecule has 1 fully saturated rings. The van der Waals surface area contributed by atoms with E-state index in [2.05, 4.69) is 16.8 Å². The summed E-state index contributed by atoms with van der Waals surface area (Å²) in [6.45, 7) is 5.34. The summed E-state index contributed by atoms with van der Waals surface area (Å²) < 4.78 is 1.60. The molecule has 5 heteroatoms. The maximum Gasteiger partial charge on any atom is 0.258 e. The molecule has 96 valence electrons. The van der Waals surface area contributed by atoms with E-state index in [-0.39, 0.29) is 5.56 Å². The minimum absolute atomic E-state index is 0.0293. The Labute approximate surface area is 110 Å². The lowest BCUT2D eigenvalue weighted by atomic mass is 9.99. The third kappa shape index (κ3) is 2.33. The Kier molecular flexibility index (Phi) is 3.18. The molecule has 4 nitrogen and oxygen atoms in total. The van der Waals surface area contributed by atoms with E-state index >= 15 is 0 Å². The van der Waals surface area contributed by atoms with E-state index in [1.54, 1.807) is 16.7 Å². The van der Waals surface area contributed by atoms with Gasteiger partial charge in [-0.2, -0.15) is 0 Å². The van der Waals surface area contributed by atoms with Gasteiger partial charge in [0.05, 0.1) is 5.69 Å². The van der Waals surface area contributed by atoms with Crippen molar-refractivity contribution in [2.45, 2.75) is 26.3 Å². The van der Waals surface area contributed by atoms with Crippen molar-refractivity contribution in [1.29, 1.82) is 0 Å². The number of aromatic nitrogens is 2. The van der Waals surface area contributed by atoms with Crippen LogP contribution in [0.5, 0.6) is 0 Å². The monoisotopic (exact) mass is 263 g/mol. The predicted octanol–water partition coefficient (Wildman–Crippen LogP) is 1.99. The first kappa shape index (κ1) is 11.9. The lowest BCUT2D eigenvalue weighted by Gasteiger charge is -2.29. The minimum atomic E-state index is 0.0293. The van der Waals surface area contributed by atoms with Crippen LogP contribution in [-0.2, 0) is 6.54 Å². The lowest BCUT2D eigenvalue weighted by Crippen LogP contribution is -2.33. The van der Waals surface area contributed by atoms with E-state index < -0.39 is 0 Å². The van der Waals surface area contributed by atoms with Crippen molar-refractivity contribution < 1.29 is 0 Å². The highest BCUT2D eigenvalue weighted by Gasteiger charge is 2.16. The highest BCUT2D eigenvalue weighted by atomic mass is 32.1. The summed E-state index contributed by atoms with van der Waals surface area (Å²) in [6, 6.07) is 1.66. The topological polar surface area (TPSA) is 37.6 Å². The first-order valence-corrected chi connectivity index (χ1v) is 7.28. The SMILES string of the molecule is CC1CCN(Cc2cc(=O)n3ccsc3n2)CC1. The molecule has 0 saturated carbocycles. The van der Waals surface area contributed by atoms with E-state index in [1.165, 1.54) is 24.2 Å². The Morgan fingerprint density at radius 2 is 2.22 bits per heavy atom. The Balaban J connectivity index is 1.80. The van der Waals surface area contributed by atoms with Gasteiger partial charge < -0.3 is 0 Å². The van der Waals surface area contributed by atoms with Gasteiger partial charge in [0, 0.05) is 24.2 Å². The Morgan fingerprint density at radius 3 is 3.00 bits per heavy atom. The van der Waals surface area contributed by atoms with Gasteiger partial charge in [-0.1, -0.05) is 6.92 Å². The van der Waals surface area contributed by atoms with E-state index in [1.807, 2.05) is 5.38 Å². The summed E-state index contributed by atoms with van der Waals surface area (Å²) in [4.78, 5) is 19.6. The minimum Gasteiger partial charge on any atom is -0.297 e. The second kappa shape index (κ2) is 4.82. The molecule has 2 aromatic rings. The third-order valence-corrected chi connectivity index (χ3v) is 4.37. The zero-order chi connectivity index (χ0) is 12.5. The molecule has 3 heterocycles. The molecule has 18 heavy (non-hydrogen) atoms. The van der Waals surface area contributed by atoms with Gasteiger partial charge in [-0.25, -0.2) is 4.98 Å². The quantitative estimate of drug-likeness (QED) is 0.831. The summed E-state index contributed by atoms with van der Waals surface area (Å²) in [5.41, 5.74) is 0.929. The molecule has 0 spiro atoms. The number of thiazole rings is 1. The molecular weight excluding hydrogens is 246 g/mol. The molecule has 0 radical (unpaired) electrons. The molecule has 0 amide bonds. The van der Waals surface area contributed by atoms with Crippen LogP contribution < -0.4 is 5.56 Å². The fourth-order valence-corrected chi connectivity index (χ4v) is 3.16. The number of fused-ring (bicyclic) bond motifs is 1. The largest absolute Gasteiger partial charge is 0.297 e. The molecule has 3 rings (SSSR count). The van der Waals surface area contributed by atoms with E-state index in [4.69, 9.17) is 0 Å². The van der Waals surface area contributed by atoms with Gasteiger partial charge in [0.25, 0.3) is 5.56 Å². The normalized spacial score (nSPS) is 18.5. The maximum absolute atomic E-state index is 11.9. The van der Waals surface area contributed by atoms with Crippen LogP contribution in [-0.4, -0.2) is 27.4 Å². The Bertz CT molecular complexity index is 596. The molecule has 0 aliphatic carbocycles. The summed E-state index contributed by atoms with van der Waals surface area (Å²) >= 11 is 1.51. The van der Waals surface area contributed by atoms with Gasteiger partial charge >= 0.3 is 0 Å². The van der Waals surface area contributed by atoms with Gasteiger partial charge in [-0.15, -0.1) is 11.3 Å². The van der Waals surface area contributed by atoms with Crippen LogP contribution in [0, 0.1) is 5.92 Å². The zero-order valence-corrected chi connectivity index (χ0v) is 11.3. The van der Waals surface area contributed by atoms with Crippen LogP contribution in [0.1, 0.15) is 25.5 Å². The average molecular weight is 263 g/mol. The molecule has 0 bridgehead atoms. The van der Waals surface area contributed by atoms with Gasteiger partial charge in [0.2, 0.25) is 0 Å². The average Bonchev–Trinajstić information content (AvgIpc) is 2.81. The lowest BCUT2D eigenvalue weighted by molar-refractivity contribution is 0.183. The van der Waals surface area contributed by atoms with Crippen LogP contribution in [0.15, 0.2) is 22.4 Å². The fourth-order valence-electron chi connectivity index (χ4n) is 2.42. The molecule has 1 aliphatic rings. The van der Waals surface area contributed by atoms with Crippen LogP contribution in [0.3, 0.4) is 0 Å². The van der Waals surface area contributed by atoms with Crippen LogP contribution in [0.4, 0.5) is 0 Å². The van der Waals surface area contributed by atoms with Crippen molar-refractivity contribution in [3.63, 3.8) is 0 Å². The molecule has 0 aromatic carbocycles. The number of nitrogens with zero attached hydrogens (tertiary/aromatic N) is 3. The number of hydrogen-bond donors (Lipinski definition) is 0. The molecule has 0 atom stereocenters. The second-order valence-electron chi connectivity index (χ2n) is 5.10. The molecule has 1 aliphatic heterocycles. The van der Waals surface area contributed by atoms with E-state index in [0.717, 1.165) is 36.2 Å². The summed E-state index contributed by atoms with van der Waals surface area (Å²) in [6.07, 6.45) is 4.28. The number of piperidine rings is 1. The van der Waals surface area contributed by atoms with Crippen molar-refractivity contribution in [2.24, 2.45) is 5.92 Å². The van der Waals surface area contributed by atoms with Crippen molar-refractivity contribution in [3.8, 4) is 0 Å².